The normalized spacial score (nSPS) is 10.3. The van der Waals surface area contributed by atoms with E-state index in [1.807, 2.05) is 18.2 Å². The highest BCUT2D eigenvalue weighted by molar-refractivity contribution is 9.10. The van der Waals surface area contributed by atoms with Crippen molar-refractivity contribution in [2.24, 2.45) is 0 Å². The van der Waals surface area contributed by atoms with Crippen LogP contribution in [0.5, 0.6) is 0 Å². The largest absolute Gasteiger partial charge is 0.451 e. The van der Waals surface area contributed by atoms with Gasteiger partial charge in [-0.05, 0) is 46.1 Å². The molecule has 2 rings (SSSR count). The number of hydrogen-bond acceptors (Lipinski definition) is 3. The summed E-state index contributed by atoms with van der Waals surface area (Å²) in [5.74, 6) is -0.920. The molecule has 0 bridgehead atoms. The van der Waals surface area contributed by atoms with Crippen molar-refractivity contribution in [1.29, 1.82) is 0 Å². The molecular formula is C15H14BrClN2O3. The summed E-state index contributed by atoms with van der Waals surface area (Å²) >= 11 is 9.09. The first-order valence-corrected chi connectivity index (χ1v) is 7.74. The number of carbonyl (C=O) groups excluding carboxylic acids is 2. The van der Waals surface area contributed by atoms with Gasteiger partial charge in [0.15, 0.2) is 6.61 Å². The molecule has 1 aromatic heterocycles. The van der Waals surface area contributed by atoms with Gasteiger partial charge in [-0.3, -0.25) is 4.79 Å². The topological polar surface area (TPSA) is 71.2 Å². The second-order valence-corrected chi connectivity index (χ2v) is 5.89. The molecular weight excluding hydrogens is 372 g/mol. The predicted octanol–water partition coefficient (Wildman–Crippen LogP) is 2.95. The number of aromatic amines is 1. The Morgan fingerprint density at radius 2 is 2.14 bits per heavy atom. The van der Waals surface area contributed by atoms with E-state index in [9.17, 15) is 9.59 Å². The fourth-order valence-corrected chi connectivity index (χ4v) is 2.34. The van der Waals surface area contributed by atoms with Crippen molar-refractivity contribution >= 4 is 39.4 Å². The molecule has 2 N–H and O–H groups in total. The lowest BCUT2D eigenvalue weighted by Gasteiger charge is -2.06. The third-order valence-electron chi connectivity index (χ3n) is 2.83. The lowest BCUT2D eigenvalue weighted by atomic mass is 10.1. The maximum atomic E-state index is 11.6. The van der Waals surface area contributed by atoms with E-state index in [-0.39, 0.29) is 12.5 Å². The first kappa shape index (κ1) is 16.6. The lowest BCUT2D eigenvalue weighted by Crippen LogP contribution is -2.30. The molecule has 0 atom stereocenters. The van der Waals surface area contributed by atoms with Crippen molar-refractivity contribution in [2.45, 2.75) is 6.42 Å². The molecule has 0 saturated carbocycles. The van der Waals surface area contributed by atoms with E-state index in [2.05, 4.69) is 26.2 Å². The van der Waals surface area contributed by atoms with Crippen LogP contribution in [0.25, 0.3) is 0 Å². The number of carbonyl (C=O) groups is 2. The van der Waals surface area contributed by atoms with Gasteiger partial charge in [-0.1, -0.05) is 23.7 Å². The van der Waals surface area contributed by atoms with E-state index in [1.54, 1.807) is 18.3 Å². The van der Waals surface area contributed by atoms with Crippen LogP contribution in [-0.2, 0) is 16.0 Å². The van der Waals surface area contributed by atoms with Crippen molar-refractivity contribution in [2.75, 3.05) is 13.2 Å². The van der Waals surface area contributed by atoms with Crippen LogP contribution >= 0.6 is 27.5 Å². The van der Waals surface area contributed by atoms with Gasteiger partial charge in [0.2, 0.25) is 0 Å². The number of H-pyrrole nitrogens is 1. The van der Waals surface area contributed by atoms with Crippen LogP contribution in [-0.4, -0.2) is 30.0 Å². The molecule has 0 fully saturated rings. The van der Waals surface area contributed by atoms with Crippen molar-refractivity contribution in [3.63, 3.8) is 0 Å². The summed E-state index contributed by atoms with van der Waals surface area (Å²) < 4.78 is 5.64. The van der Waals surface area contributed by atoms with Gasteiger partial charge in [-0.2, -0.15) is 0 Å². The van der Waals surface area contributed by atoms with E-state index in [4.69, 9.17) is 16.3 Å². The molecule has 0 spiro atoms. The molecule has 0 aliphatic rings. The van der Waals surface area contributed by atoms with Gasteiger partial charge < -0.3 is 15.0 Å². The third kappa shape index (κ3) is 5.20. The Bertz CT molecular complexity index is 672. The summed E-state index contributed by atoms with van der Waals surface area (Å²) in [6.07, 6.45) is 2.27. The molecule has 1 heterocycles. The van der Waals surface area contributed by atoms with Crippen LogP contribution in [0.1, 0.15) is 16.1 Å². The predicted molar refractivity (Wildman–Crippen MR) is 86.9 cm³/mol. The molecule has 0 saturated heterocycles. The average molecular weight is 386 g/mol. The molecule has 22 heavy (non-hydrogen) atoms. The lowest BCUT2D eigenvalue weighted by molar-refractivity contribution is -0.124. The molecule has 1 amide bonds. The number of aromatic nitrogens is 1. The highest BCUT2D eigenvalue weighted by Gasteiger charge is 2.11. The number of benzene rings is 1. The first-order chi connectivity index (χ1) is 10.5. The van der Waals surface area contributed by atoms with Crippen molar-refractivity contribution in [3.05, 3.63) is 57.3 Å². The first-order valence-electron chi connectivity index (χ1n) is 6.57. The summed E-state index contributed by atoms with van der Waals surface area (Å²) in [7, 11) is 0. The Kier molecular flexibility index (Phi) is 6.03. The molecule has 0 radical (unpaired) electrons. The molecule has 116 valence electrons. The van der Waals surface area contributed by atoms with Gasteiger partial charge in [0.1, 0.15) is 5.69 Å². The quantitative estimate of drug-likeness (QED) is 0.751. The fourth-order valence-electron chi connectivity index (χ4n) is 1.78. The van der Waals surface area contributed by atoms with Crippen LogP contribution in [0.2, 0.25) is 5.02 Å². The summed E-state index contributed by atoms with van der Waals surface area (Å²) in [5, 5.41) is 3.35. The molecule has 0 aliphatic carbocycles. The highest BCUT2D eigenvalue weighted by atomic mass is 79.9. The van der Waals surface area contributed by atoms with Crippen LogP contribution in [0.15, 0.2) is 41.0 Å². The Hall–Kier alpha value is -1.79. The second-order valence-electron chi connectivity index (χ2n) is 4.54. The van der Waals surface area contributed by atoms with Gasteiger partial charge in [0, 0.05) is 22.2 Å². The molecule has 5 nitrogen and oxygen atoms in total. The van der Waals surface area contributed by atoms with Crippen molar-refractivity contribution in [1.82, 2.24) is 10.3 Å². The summed E-state index contributed by atoms with van der Waals surface area (Å²) in [6.45, 7) is 0.135. The zero-order valence-electron chi connectivity index (χ0n) is 11.6. The molecule has 0 unspecified atom stereocenters. The van der Waals surface area contributed by atoms with Crippen molar-refractivity contribution < 1.29 is 14.3 Å². The van der Waals surface area contributed by atoms with Crippen LogP contribution in [0.3, 0.4) is 0 Å². The minimum Gasteiger partial charge on any atom is -0.451 e. The third-order valence-corrected chi connectivity index (χ3v) is 3.52. The zero-order chi connectivity index (χ0) is 15.9. The summed E-state index contributed by atoms with van der Waals surface area (Å²) in [5.41, 5.74) is 1.32. The molecule has 2 aromatic rings. The number of nitrogens with one attached hydrogen (secondary N) is 2. The second kappa shape index (κ2) is 8.00. The SMILES string of the molecule is O=C(COC(=O)c1cc(Br)c[nH]1)NCCc1cccc(Cl)c1. The highest BCUT2D eigenvalue weighted by Crippen LogP contribution is 2.11. The van der Waals surface area contributed by atoms with Gasteiger partial charge in [0.05, 0.1) is 0 Å². The molecule has 0 aliphatic heterocycles. The van der Waals surface area contributed by atoms with Gasteiger partial charge in [-0.25, -0.2) is 4.79 Å². The number of ether oxygens (including phenoxy) is 1. The van der Waals surface area contributed by atoms with E-state index in [1.165, 1.54) is 0 Å². The number of rotatable bonds is 6. The Morgan fingerprint density at radius 1 is 1.32 bits per heavy atom. The Labute approximate surface area is 141 Å². The summed E-state index contributed by atoms with van der Waals surface area (Å²) in [6, 6.07) is 9.01. The minimum atomic E-state index is -0.573. The van der Waals surface area contributed by atoms with E-state index < -0.39 is 5.97 Å². The molecule has 1 aromatic carbocycles. The minimum absolute atomic E-state index is 0.290. The Balaban J connectivity index is 1.69. The number of hydrogen-bond donors (Lipinski definition) is 2. The van der Waals surface area contributed by atoms with Gasteiger partial charge >= 0.3 is 5.97 Å². The van der Waals surface area contributed by atoms with Crippen LogP contribution < -0.4 is 5.32 Å². The fraction of sp³-hybridized carbons (Fsp3) is 0.200. The van der Waals surface area contributed by atoms with Gasteiger partial charge in [-0.15, -0.1) is 0 Å². The van der Waals surface area contributed by atoms with E-state index >= 15 is 0 Å². The number of amides is 1. The van der Waals surface area contributed by atoms with E-state index in [0.717, 1.165) is 10.0 Å². The number of esters is 1. The van der Waals surface area contributed by atoms with E-state index in [0.29, 0.717) is 23.7 Å². The standard InChI is InChI=1S/C15H14BrClN2O3/c16-11-7-13(19-8-11)15(21)22-9-14(20)18-5-4-10-2-1-3-12(17)6-10/h1-3,6-8,19H,4-5,9H2,(H,18,20). The summed E-state index contributed by atoms with van der Waals surface area (Å²) in [4.78, 5) is 26.0. The Morgan fingerprint density at radius 3 is 2.82 bits per heavy atom. The molecule has 7 heteroatoms. The van der Waals surface area contributed by atoms with Crippen molar-refractivity contribution in [3.8, 4) is 0 Å². The number of halogens is 2. The average Bonchev–Trinajstić information content (AvgIpc) is 2.91. The van der Waals surface area contributed by atoms with Gasteiger partial charge in [0.25, 0.3) is 5.91 Å². The van der Waals surface area contributed by atoms with Crippen LogP contribution in [0, 0.1) is 0 Å². The zero-order valence-corrected chi connectivity index (χ0v) is 13.9. The van der Waals surface area contributed by atoms with Crippen LogP contribution in [0.4, 0.5) is 0 Å². The maximum Gasteiger partial charge on any atom is 0.355 e. The maximum absolute atomic E-state index is 11.6. The smallest absolute Gasteiger partial charge is 0.355 e. The monoisotopic (exact) mass is 384 g/mol.